The maximum Gasteiger partial charge on any atom is 0.265 e. The highest BCUT2D eigenvalue weighted by atomic mass is 35.5. The Morgan fingerprint density at radius 3 is 2.64 bits per heavy atom. The van der Waals surface area contributed by atoms with E-state index >= 15 is 0 Å². The SMILES string of the molecule is Cc1cc(OCC(O)=C(C#N)C(=O)NCc2ccccc2)ccc1Cl. The molecule has 0 fully saturated rings. The molecule has 0 atom stereocenters. The summed E-state index contributed by atoms with van der Waals surface area (Å²) in [7, 11) is 0. The number of ether oxygens (including phenoxy) is 1. The number of hydrogen-bond acceptors (Lipinski definition) is 4. The van der Waals surface area contributed by atoms with Crippen molar-refractivity contribution in [2.75, 3.05) is 6.61 Å². The molecule has 0 aliphatic rings. The average molecular weight is 357 g/mol. The monoisotopic (exact) mass is 356 g/mol. The van der Waals surface area contributed by atoms with Gasteiger partial charge in [0.2, 0.25) is 0 Å². The third-order valence-electron chi connectivity index (χ3n) is 3.43. The van der Waals surface area contributed by atoms with E-state index in [2.05, 4.69) is 5.32 Å². The first kappa shape index (κ1) is 18.4. The molecule has 25 heavy (non-hydrogen) atoms. The van der Waals surface area contributed by atoms with Crippen LogP contribution in [0, 0.1) is 18.3 Å². The van der Waals surface area contributed by atoms with Crippen molar-refractivity contribution in [3.8, 4) is 11.8 Å². The molecule has 0 aliphatic carbocycles. The molecule has 0 heterocycles. The lowest BCUT2D eigenvalue weighted by molar-refractivity contribution is -0.117. The first-order valence-electron chi connectivity index (χ1n) is 7.54. The van der Waals surface area contributed by atoms with E-state index in [1.54, 1.807) is 24.3 Å². The van der Waals surface area contributed by atoms with Crippen LogP contribution in [0.25, 0.3) is 0 Å². The highest BCUT2D eigenvalue weighted by molar-refractivity contribution is 6.31. The molecule has 0 aromatic heterocycles. The Labute approximate surface area is 151 Å². The van der Waals surface area contributed by atoms with Gasteiger partial charge in [-0.3, -0.25) is 4.79 Å². The molecule has 0 saturated heterocycles. The van der Waals surface area contributed by atoms with Crippen molar-refractivity contribution < 1.29 is 14.6 Å². The van der Waals surface area contributed by atoms with E-state index in [1.807, 2.05) is 37.3 Å². The first-order valence-corrected chi connectivity index (χ1v) is 7.92. The van der Waals surface area contributed by atoms with Gasteiger partial charge in [-0.1, -0.05) is 41.9 Å². The van der Waals surface area contributed by atoms with E-state index < -0.39 is 11.7 Å². The van der Waals surface area contributed by atoms with E-state index in [1.165, 1.54) is 0 Å². The van der Waals surface area contributed by atoms with Crippen LogP contribution in [0.1, 0.15) is 11.1 Å². The van der Waals surface area contributed by atoms with Crippen LogP contribution in [0.3, 0.4) is 0 Å². The Balaban J connectivity index is 1.99. The van der Waals surface area contributed by atoms with Crippen LogP contribution in [0.2, 0.25) is 5.02 Å². The minimum atomic E-state index is -0.653. The van der Waals surface area contributed by atoms with E-state index in [9.17, 15) is 9.90 Å². The number of carbonyl (C=O) groups is 1. The largest absolute Gasteiger partial charge is 0.507 e. The average Bonchev–Trinajstić information content (AvgIpc) is 2.62. The lowest BCUT2D eigenvalue weighted by Crippen LogP contribution is -2.25. The van der Waals surface area contributed by atoms with Gasteiger partial charge in [-0.2, -0.15) is 5.26 Å². The van der Waals surface area contributed by atoms with Crippen molar-refractivity contribution in [3.63, 3.8) is 0 Å². The van der Waals surface area contributed by atoms with Crippen molar-refractivity contribution in [1.82, 2.24) is 5.32 Å². The number of rotatable bonds is 6. The molecule has 0 saturated carbocycles. The Morgan fingerprint density at radius 2 is 2.00 bits per heavy atom. The number of nitrogens with zero attached hydrogens (tertiary/aromatic N) is 1. The molecule has 2 aromatic carbocycles. The van der Waals surface area contributed by atoms with Crippen molar-refractivity contribution in [3.05, 3.63) is 76.0 Å². The molecular weight excluding hydrogens is 340 g/mol. The van der Waals surface area contributed by atoms with Crippen molar-refractivity contribution in [2.45, 2.75) is 13.5 Å². The van der Waals surface area contributed by atoms with Gasteiger partial charge in [0.1, 0.15) is 18.4 Å². The molecule has 0 spiro atoms. The number of amides is 1. The number of benzene rings is 2. The van der Waals surface area contributed by atoms with Crippen molar-refractivity contribution >= 4 is 17.5 Å². The number of aryl methyl sites for hydroxylation is 1. The smallest absolute Gasteiger partial charge is 0.265 e. The van der Waals surface area contributed by atoms with Crippen LogP contribution in [-0.2, 0) is 11.3 Å². The summed E-state index contributed by atoms with van der Waals surface area (Å²) >= 11 is 5.93. The Hall–Kier alpha value is -2.97. The number of nitriles is 1. The molecule has 128 valence electrons. The van der Waals surface area contributed by atoms with Crippen molar-refractivity contribution in [2.24, 2.45) is 0 Å². The van der Waals surface area contributed by atoms with Gasteiger partial charge < -0.3 is 15.2 Å². The highest BCUT2D eigenvalue weighted by Gasteiger charge is 2.15. The van der Waals surface area contributed by atoms with Gasteiger partial charge >= 0.3 is 0 Å². The molecule has 1 amide bonds. The predicted molar refractivity (Wildman–Crippen MR) is 95.2 cm³/mol. The van der Waals surface area contributed by atoms with Gasteiger partial charge in [0.05, 0.1) is 0 Å². The zero-order valence-corrected chi connectivity index (χ0v) is 14.4. The third kappa shape index (κ3) is 5.27. The van der Waals surface area contributed by atoms with Crippen molar-refractivity contribution in [1.29, 1.82) is 5.26 Å². The molecule has 0 aliphatic heterocycles. The lowest BCUT2D eigenvalue weighted by atomic mass is 10.2. The lowest BCUT2D eigenvalue weighted by Gasteiger charge is -2.09. The normalized spacial score (nSPS) is 11.2. The maximum absolute atomic E-state index is 12.1. The second-order valence-electron chi connectivity index (χ2n) is 5.30. The number of nitrogens with one attached hydrogen (secondary N) is 1. The zero-order chi connectivity index (χ0) is 18.2. The summed E-state index contributed by atoms with van der Waals surface area (Å²) in [5, 5.41) is 22.3. The third-order valence-corrected chi connectivity index (χ3v) is 3.85. The molecule has 2 N–H and O–H groups in total. The number of aliphatic hydroxyl groups excluding tert-OH is 1. The molecule has 2 aromatic rings. The fourth-order valence-corrected chi connectivity index (χ4v) is 2.16. The summed E-state index contributed by atoms with van der Waals surface area (Å²) in [6.45, 7) is 1.79. The molecule has 2 rings (SSSR count). The van der Waals surface area contributed by atoms with Gasteiger partial charge in [0.15, 0.2) is 11.3 Å². The standard InChI is InChI=1S/C19H17ClN2O3/c1-13-9-15(7-8-17(13)20)25-12-18(23)16(10-21)19(24)22-11-14-5-3-2-4-6-14/h2-9,23H,11-12H2,1H3,(H,22,24). The summed E-state index contributed by atoms with van der Waals surface area (Å²) in [6, 6.07) is 16.0. The Bertz CT molecular complexity index is 826. The minimum absolute atomic E-state index is 0.259. The number of hydrogen-bond donors (Lipinski definition) is 2. The number of halogens is 1. The first-order chi connectivity index (χ1) is 12.0. The number of aliphatic hydroxyl groups is 1. The minimum Gasteiger partial charge on any atom is -0.507 e. The summed E-state index contributed by atoms with van der Waals surface area (Å²) in [4.78, 5) is 12.1. The van der Waals surface area contributed by atoms with Gasteiger partial charge in [-0.05, 0) is 36.2 Å². The maximum atomic E-state index is 12.1. The van der Waals surface area contributed by atoms with Gasteiger partial charge in [-0.15, -0.1) is 0 Å². The highest BCUT2D eigenvalue weighted by Crippen LogP contribution is 2.21. The quantitative estimate of drug-likeness (QED) is 0.470. The van der Waals surface area contributed by atoms with E-state index in [0.29, 0.717) is 10.8 Å². The van der Waals surface area contributed by atoms with Gasteiger partial charge in [0, 0.05) is 11.6 Å². The van der Waals surface area contributed by atoms with E-state index in [4.69, 9.17) is 21.6 Å². The number of carbonyl (C=O) groups excluding carboxylic acids is 1. The fraction of sp³-hybridized carbons (Fsp3) is 0.158. The fourth-order valence-electron chi connectivity index (χ4n) is 2.04. The van der Waals surface area contributed by atoms with Crippen LogP contribution < -0.4 is 10.1 Å². The van der Waals surface area contributed by atoms with Crippen LogP contribution in [0.5, 0.6) is 5.75 Å². The van der Waals surface area contributed by atoms with Crippen LogP contribution >= 0.6 is 11.6 Å². The Kier molecular flexibility index (Phi) is 6.44. The molecule has 5 nitrogen and oxygen atoms in total. The molecule has 0 bridgehead atoms. The summed E-state index contributed by atoms with van der Waals surface area (Å²) < 4.78 is 5.40. The molecule has 0 unspecified atom stereocenters. The van der Waals surface area contributed by atoms with Crippen LogP contribution in [-0.4, -0.2) is 17.6 Å². The molecular formula is C19H17ClN2O3. The van der Waals surface area contributed by atoms with Gasteiger partial charge in [-0.25, -0.2) is 0 Å². The second kappa shape index (κ2) is 8.76. The summed E-state index contributed by atoms with van der Waals surface area (Å²) in [5.74, 6) is -0.601. The van der Waals surface area contributed by atoms with E-state index in [0.717, 1.165) is 11.1 Å². The summed E-state index contributed by atoms with van der Waals surface area (Å²) in [6.07, 6.45) is 0. The van der Waals surface area contributed by atoms with Crippen LogP contribution in [0.15, 0.2) is 59.9 Å². The molecule has 0 radical (unpaired) electrons. The van der Waals surface area contributed by atoms with E-state index in [-0.39, 0.29) is 18.7 Å². The molecule has 6 heteroatoms. The Morgan fingerprint density at radius 1 is 1.28 bits per heavy atom. The van der Waals surface area contributed by atoms with Crippen LogP contribution in [0.4, 0.5) is 0 Å². The zero-order valence-electron chi connectivity index (χ0n) is 13.6. The topological polar surface area (TPSA) is 82.3 Å². The van der Waals surface area contributed by atoms with Gasteiger partial charge in [0.25, 0.3) is 5.91 Å². The predicted octanol–water partition coefficient (Wildman–Crippen LogP) is 3.68. The second-order valence-corrected chi connectivity index (χ2v) is 5.71. The summed E-state index contributed by atoms with van der Waals surface area (Å²) in [5.41, 5.74) is 1.34.